The summed E-state index contributed by atoms with van der Waals surface area (Å²) in [5.74, 6) is -1.15. The van der Waals surface area contributed by atoms with Crippen LogP contribution >= 0.6 is 0 Å². The molecule has 0 radical (unpaired) electrons. The van der Waals surface area contributed by atoms with Gasteiger partial charge >= 0.3 is 5.97 Å². The highest BCUT2D eigenvalue weighted by atomic mass is 16.4. The van der Waals surface area contributed by atoms with Crippen molar-refractivity contribution in [3.05, 3.63) is 108 Å². The fourth-order valence-electron chi connectivity index (χ4n) is 4.46. The van der Waals surface area contributed by atoms with E-state index in [1.165, 1.54) is 43.7 Å². The maximum absolute atomic E-state index is 12.5. The van der Waals surface area contributed by atoms with E-state index in [-0.39, 0.29) is 5.91 Å². The third-order valence-electron chi connectivity index (χ3n) is 6.66. The van der Waals surface area contributed by atoms with Gasteiger partial charge in [0.15, 0.2) is 0 Å². The van der Waals surface area contributed by atoms with Crippen LogP contribution in [0.1, 0.15) is 55.7 Å². The summed E-state index contributed by atoms with van der Waals surface area (Å²) in [6.45, 7) is 2.23. The molecule has 0 spiro atoms. The quantitative estimate of drug-likeness (QED) is 0.120. The molecule has 1 amide bonds. The molecular formula is C34H35N3O3. The zero-order valence-electron chi connectivity index (χ0n) is 22.8. The van der Waals surface area contributed by atoms with Gasteiger partial charge in [0.1, 0.15) is 0 Å². The number of carbonyl (C=O) groups is 2. The second-order valence-corrected chi connectivity index (χ2v) is 9.73. The van der Waals surface area contributed by atoms with Gasteiger partial charge < -0.3 is 15.4 Å². The van der Waals surface area contributed by atoms with Gasteiger partial charge in [-0.3, -0.25) is 4.79 Å². The smallest absolute Gasteiger partial charge is 0.328 e. The minimum Gasteiger partial charge on any atom is -0.478 e. The number of rotatable bonds is 13. The molecule has 3 aromatic carbocycles. The summed E-state index contributed by atoms with van der Waals surface area (Å²) < 4.78 is 0. The van der Waals surface area contributed by atoms with E-state index in [4.69, 9.17) is 5.11 Å². The number of aromatic amines is 1. The molecule has 0 aliphatic heterocycles. The number of anilines is 1. The first-order valence-corrected chi connectivity index (χ1v) is 13.7. The molecule has 0 fully saturated rings. The largest absolute Gasteiger partial charge is 0.478 e. The Hall–Kier alpha value is -4.71. The van der Waals surface area contributed by atoms with E-state index in [0.29, 0.717) is 0 Å². The lowest BCUT2D eigenvalue weighted by molar-refractivity contribution is -0.131. The van der Waals surface area contributed by atoms with Gasteiger partial charge in [0.2, 0.25) is 5.91 Å². The molecule has 0 bridgehead atoms. The van der Waals surface area contributed by atoms with E-state index in [0.717, 1.165) is 51.8 Å². The third-order valence-corrected chi connectivity index (χ3v) is 6.66. The van der Waals surface area contributed by atoms with Crippen molar-refractivity contribution in [2.45, 2.75) is 45.4 Å². The number of benzene rings is 3. The number of H-pyrrole nitrogens is 1. The molecule has 1 heterocycles. The number of aromatic nitrogens is 2. The lowest BCUT2D eigenvalue weighted by atomic mass is 10.0. The number of carbonyl (C=O) groups excluding carboxylic acids is 1. The van der Waals surface area contributed by atoms with Crippen LogP contribution in [-0.2, 0) is 16.0 Å². The predicted octanol–water partition coefficient (Wildman–Crippen LogP) is 8.01. The molecule has 204 valence electrons. The van der Waals surface area contributed by atoms with Crippen molar-refractivity contribution in [2.75, 3.05) is 5.32 Å². The Morgan fingerprint density at radius 3 is 2.08 bits per heavy atom. The van der Waals surface area contributed by atoms with E-state index in [9.17, 15) is 9.59 Å². The zero-order chi connectivity index (χ0) is 28.2. The fourth-order valence-corrected chi connectivity index (χ4v) is 4.46. The van der Waals surface area contributed by atoms with Crippen molar-refractivity contribution in [2.24, 2.45) is 0 Å². The van der Waals surface area contributed by atoms with E-state index in [2.05, 4.69) is 34.3 Å². The Balaban J connectivity index is 1.32. The van der Waals surface area contributed by atoms with Crippen LogP contribution in [0.4, 0.5) is 5.69 Å². The molecule has 0 saturated heterocycles. The molecule has 0 aliphatic rings. The van der Waals surface area contributed by atoms with Crippen molar-refractivity contribution in [1.82, 2.24) is 9.97 Å². The average Bonchev–Trinajstić information content (AvgIpc) is 3.46. The molecule has 40 heavy (non-hydrogen) atoms. The number of unbranched alkanes of at least 4 members (excludes halogenated alkanes) is 4. The Morgan fingerprint density at radius 2 is 1.43 bits per heavy atom. The number of hydrogen-bond acceptors (Lipinski definition) is 3. The number of nitrogens with one attached hydrogen (secondary N) is 2. The minimum absolute atomic E-state index is 0.173. The van der Waals surface area contributed by atoms with Crippen molar-refractivity contribution >= 4 is 29.7 Å². The molecular weight excluding hydrogens is 498 g/mol. The number of hydrogen-bond donors (Lipinski definition) is 3. The number of imidazole rings is 1. The number of carboxylic acid groups (broad SMARTS) is 1. The summed E-state index contributed by atoms with van der Waals surface area (Å²) in [5.41, 5.74) is 7.37. The highest BCUT2D eigenvalue weighted by Gasteiger charge is 2.10. The number of aryl methyl sites for hydroxylation is 1. The maximum atomic E-state index is 12.5. The van der Waals surface area contributed by atoms with Crippen LogP contribution < -0.4 is 5.32 Å². The van der Waals surface area contributed by atoms with Crippen LogP contribution in [0.2, 0.25) is 0 Å². The summed E-state index contributed by atoms with van der Waals surface area (Å²) in [6.07, 6.45) is 15.1. The number of amides is 1. The van der Waals surface area contributed by atoms with Gasteiger partial charge in [0, 0.05) is 29.0 Å². The van der Waals surface area contributed by atoms with Crippen molar-refractivity contribution in [3.8, 4) is 22.5 Å². The Kier molecular flexibility index (Phi) is 10.2. The number of carboxylic acids is 1. The van der Waals surface area contributed by atoms with Crippen LogP contribution in [-0.4, -0.2) is 27.0 Å². The van der Waals surface area contributed by atoms with Crippen LogP contribution in [0.3, 0.4) is 0 Å². The minimum atomic E-state index is -0.979. The second kappa shape index (κ2) is 14.4. The molecule has 3 N–H and O–H groups in total. The molecule has 0 unspecified atom stereocenters. The summed E-state index contributed by atoms with van der Waals surface area (Å²) in [7, 11) is 0. The summed E-state index contributed by atoms with van der Waals surface area (Å²) in [5, 5.41) is 11.7. The highest BCUT2D eigenvalue weighted by molar-refractivity contribution is 6.02. The molecule has 6 heteroatoms. The van der Waals surface area contributed by atoms with Gasteiger partial charge in [-0.1, -0.05) is 93.3 Å². The van der Waals surface area contributed by atoms with Crippen molar-refractivity contribution in [3.63, 3.8) is 0 Å². The van der Waals surface area contributed by atoms with Crippen LogP contribution in [0, 0.1) is 0 Å². The predicted molar refractivity (Wildman–Crippen MR) is 163 cm³/mol. The first kappa shape index (κ1) is 28.3. The fraction of sp³-hybridized carbons (Fsp3) is 0.206. The van der Waals surface area contributed by atoms with E-state index in [1.807, 2.05) is 60.7 Å². The van der Waals surface area contributed by atoms with Gasteiger partial charge in [0.25, 0.3) is 0 Å². The first-order chi connectivity index (χ1) is 19.5. The van der Waals surface area contributed by atoms with Crippen LogP contribution in [0.15, 0.2) is 91.3 Å². The number of aliphatic carboxylic acids is 1. The molecule has 0 aliphatic carbocycles. The zero-order valence-corrected chi connectivity index (χ0v) is 22.8. The Morgan fingerprint density at radius 1 is 0.800 bits per heavy atom. The average molecular weight is 534 g/mol. The Labute approximate surface area is 235 Å². The summed E-state index contributed by atoms with van der Waals surface area (Å²) in [4.78, 5) is 30.9. The van der Waals surface area contributed by atoms with E-state index < -0.39 is 5.97 Å². The topological polar surface area (TPSA) is 95.1 Å². The highest BCUT2D eigenvalue weighted by Crippen LogP contribution is 2.29. The van der Waals surface area contributed by atoms with Crippen LogP contribution in [0.5, 0.6) is 0 Å². The third kappa shape index (κ3) is 8.40. The Bertz CT molecular complexity index is 1450. The van der Waals surface area contributed by atoms with Crippen molar-refractivity contribution < 1.29 is 14.7 Å². The molecule has 6 nitrogen and oxygen atoms in total. The van der Waals surface area contributed by atoms with Gasteiger partial charge in [-0.15, -0.1) is 0 Å². The maximum Gasteiger partial charge on any atom is 0.328 e. The normalized spacial score (nSPS) is 11.3. The SMILES string of the molecule is CCCCCCCc1ccc(NC(=O)/C=C/c2ccc(-c3nc[nH]c3-c3ccc(/C=C/C(=O)O)cc3)cc2)cc1. The van der Waals surface area contributed by atoms with Crippen molar-refractivity contribution in [1.29, 1.82) is 0 Å². The van der Waals surface area contributed by atoms with Gasteiger partial charge in [0.05, 0.1) is 17.7 Å². The second-order valence-electron chi connectivity index (χ2n) is 9.73. The molecule has 0 saturated carbocycles. The molecule has 0 atom stereocenters. The van der Waals surface area contributed by atoms with E-state index in [1.54, 1.807) is 18.5 Å². The molecule has 4 rings (SSSR count). The van der Waals surface area contributed by atoms with Gasteiger partial charge in [-0.2, -0.15) is 0 Å². The van der Waals surface area contributed by atoms with Gasteiger partial charge in [-0.25, -0.2) is 9.78 Å². The lowest BCUT2D eigenvalue weighted by Gasteiger charge is -2.06. The first-order valence-electron chi connectivity index (χ1n) is 13.7. The molecule has 1 aromatic heterocycles. The molecule has 4 aromatic rings. The lowest BCUT2D eigenvalue weighted by Crippen LogP contribution is -2.07. The monoisotopic (exact) mass is 533 g/mol. The van der Waals surface area contributed by atoms with Crippen LogP contribution in [0.25, 0.3) is 34.7 Å². The standard InChI is InChI=1S/C34H35N3O3/c1-2-3-4-5-6-7-25-12-20-30(21-13-25)37-31(38)22-14-26-8-16-28(17-9-26)33-34(36-24-35-33)29-18-10-27(11-19-29)15-23-32(39)40/h8-24H,2-7H2,1H3,(H,35,36)(H,37,38)(H,39,40)/b22-14+,23-15+. The summed E-state index contributed by atoms with van der Waals surface area (Å²) >= 11 is 0. The summed E-state index contributed by atoms with van der Waals surface area (Å²) in [6, 6.07) is 23.5. The van der Waals surface area contributed by atoms with E-state index >= 15 is 0 Å². The van der Waals surface area contributed by atoms with Gasteiger partial charge in [-0.05, 0) is 53.8 Å². The number of nitrogens with zero attached hydrogens (tertiary/aromatic N) is 1.